The van der Waals surface area contributed by atoms with E-state index in [2.05, 4.69) is 81.5 Å². The van der Waals surface area contributed by atoms with Crippen molar-refractivity contribution in [1.82, 2.24) is 5.32 Å². The van der Waals surface area contributed by atoms with Crippen LogP contribution in [0, 0.1) is 27.6 Å². The summed E-state index contributed by atoms with van der Waals surface area (Å²) in [7, 11) is 0. The molecule has 0 saturated carbocycles. The fourth-order valence-electron chi connectivity index (χ4n) is 3.79. The lowest BCUT2D eigenvalue weighted by atomic mass is 9.49. The molecule has 1 rings (SSSR count). The molecule has 0 amide bonds. The van der Waals surface area contributed by atoms with Crippen molar-refractivity contribution >= 4 is 0 Å². The fraction of sp³-hybridized carbons (Fsp3) is 1.00. The van der Waals surface area contributed by atoms with Crippen LogP contribution in [0.5, 0.6) is 0 Å². The van der Waals surface area contributed by atoms with Crippen LogP contribution in [0.25, 0.3) is 0 Å². The summed E-state index contributed by atoms with van der Waals surface area (Å²) >= 11 is 0. The van der Waals surface area contributed by atoms with E-state index in [1.165, 1.54) is 6.42 Å². The SMILES string of the molecule is CC(C)(C)C1CC(C)(C)C(C)(C)NCC(C)(C)C1(C)C. The van der Waals surface area contributed by atoms with Crippen molar-refractivity contribution in [1.29, 1.82) is 0 Å². The monoisotopic (exact) mass is 281 g/mol. The van der Waals surface area contributed by atoms with E-state index in [1.54, 1.807) is 0 Å². The van der Waals surface area contributed by atoms with Crippen molar-refractivity contribution < 1.29 is 0 Å². The minimum absolute atomic E-state index is 0.171. The van der Waals surface area contributed by atoms with Gasteiger partial charge in [-0.2, -0.15) is 0 Å². The molecule has 1 saturated heterocycles. The van der Waals surface area contributed by atoms with Gasteiger partial charge in [-0.15, -0.1) is 0 Å². The fourth-order valence-corrected chi connectivity index (χ4v) is 3.79. The lowest BCUT2D eigenvalue weighted by Crippen LogP contribution is -2.61. The smallest absolute Gasteiger partial charge is 0.0176 e. The van der Waals surface area contributed by atoms with Crippen molar-refractivity contribution in [3.05, 3.63) is 0 Å². The molecule has 0 aromatic heterocycles. The van der Waals surface area contributed by atoms with Crippen LogP contribution in [0.3, 0.4) is 0 Å². The molecule has 1 aliphatic heterocycles. The minimum Gasteiger partial charge on any atom is -0.311 e. The number of nitrogens with one attached hydrogen (secondary N) is 1. The number of hydrogen-bond donors (Lipinski definition) is 1. The summed E-state index contributed by atoms with van der Waals surface area (Å²) < 4.78 is 0. The molecule has 0 spiro atoms. The Balaban J connectivity index is 3.37. The molecule has 120 valence electrons. The normalized spacial score (nSPS) is 32.2. The van der Waals surface area contributed by atoms with Gasteiger partial charge in [0, 0.05) is 12.1 Å². The van der Waals surface area contributed by atoms with Crippen molar-refractivity contribution in [2.45, 2.75) is 88.1 Å². The van der Waals surface area contributed by atoms with E-state index in [4.69, 9.17) is 0 Å². The van der Waals surface area contributed by atoms with Gasteiger partial charge in [-0.05, 0) is 47.8 Å². The quantitative estimate of drug-likeness (QED) is 0.618. The van der Waals surface area contributed by atoms with Gasteiger partial charge in [0.05, 0.1) is 0 Å². The van der Waals surface area contributed by atoms with Crippen LogP contribution in [0.4, 0.5) is 0 Å². The molecule has 1 fully saturated rings. The summed E-state index contributed by atoms with van der Waals surface area (Å²) in [6.07, 6.45) is 1.27. The first-order valence-corrected chi connectivity index (χ1v) is 8.30. The molecule has 1 atom stereocenters. The number of rotatable bonds is 0. The van der Waals surface area contributed by atoms with Gasteiger partial charge in [-0.1, -0.05) is 62.3 Å². The van der Waals surface area contributed by atoms with Crippen molar-refractivity contribution in [3.8, 4) is 0 Å². The molecule has 0 aliphatic carbocycles. The standard InChI is InChI=1S/C19H39N/c1-15(2,3)14-12-16(4,5)19(10,11)20-13-17(6,7)18(14,8)9/h14,20H,12-13H2,1-11H3. The predicted octanol–water partition coefficient (Wildman–Crippen LogP) is 5.50. The second kappa shape index (κ2) is 4.73. The Morgan fingerprint density at radius 2 is 1.25 bits per heavy atom. The van der Waals surface area contributed by atoms with Crippen molar-refractivity contribution in [2.75, 3.05) is 6.54 Å². The van der Waals surface area contributed by atoms with E-state index < -0.39 is 0 Å². The molecule has 1 aliphatic rings. The summed E-state index contributed by atoms with van der Waals surface area (Å²) in [4.78, 5) is 0. The summed E-state index contributed by atoms with van der Waals surface area (Å²) in [5.41, 5.74) is 1.40. The Morgan fingerprint density at radius 3 is 1.65 bits per heavy atom. The van der Waals surface area contributed by atoms with Gasteiger partial charge in [-0.25, -0.2) is 0 Å². The maximum Gasteiger partial charge on any atom is 0.0176 e. The Hall–Kier alpha value is -0.0400. The lowest BCUT2D eigenvalue weighted by Gasteiger charge is -2.59. The molecule has 0 radical (unpaired) electrons. The van der Waals surface area contributed by atoms with Gasteiger partial charge < -0.3 is 5.32 Å². The number of hydrogen-bond acceptors (Lipinski definition) is 1. The Labute approximate surface area is 128 Å². The maximum absolute atomic E-state index is 3.87. The Morgan fingerprint density at radius 1 is 0.800 bits per heavy atom. The summed E-state index contributed by atoms with van der Waals surface area (Å²) in [5.74, 6) is 0.710. The van der Waals surface area contributed by atoms with Crippen LogP contribution < -0.4 is 5.32 Å². The molecule has 1 heterocycles. The van der Waals surface area contributed by atoms with E-state index in [1.807, 2.05) is 0 Å². The van der Waals surface area contributed by atoms with Gasteiger partial charge >= 0.3 is 0 Å². The topological polar surface area (TPSA) is 12.0 Å². The lowest BCUT2D eigenvalue weighted by molar-refractivity contribution is -0.0783. The second-order valence-electron chi connectivity index (χ2n) is 10.6. The first-order chi connectivity index (χ1) is 8.55. The van der Waals surface area contributed by atoms with Crippen LogP contribution in [0.2, 0.25) is 0 Å². The zero-order chi connectivity index (χ0) is 16.2. The molecule has 1 nitrogen and oxygen atoms in total. The Bertz CT molecular complexity index is 350. The first kappa shape index (κ1) is 18.0. The zero-order valence-electron chi connectivity index (χ0n) is 16.0. The van der Waals surface area contributed by atoms with Crippen LogP contribution >= 0.6 is 0 Å². The highest BCUT2D eigenvalue weighted by molar-refractivity contribution is 5.05. The average Bonchev–Trinajstić information content (AvgIpc) is 2.20. The van der Waals surface area contributed by atoms with E-state index in [0.717, 1.165) is 6.54 Å². The van der Waals surface area contributed by atoms with Gasteiger partial charge in [0.1, 0.15) is 0 Å². The van der Waals surface area contributed by atoms with Crippen LogP contribution in [-0.2, 0) is 0 Å². The molecule has 1 unspecified atom stereocenters. The molecule has 0 aromatic rings. The molecule has 20 heavy (non-hydrogen) atoms. The van der Waals surface area contributed by atoms with Crippen molar-refractivity contribution in [3.63, 3.8) is 0 Å². The molecule has 1 N–H and O–H groups in total. The maximum atomic E-state index is 3.87. The van der Waals surface area contributed by atoms with Gasteiger partial charge in [0.2, 0.25) is 0 Å². The third kappa shape index (κ3) is 2.93. The summed E-state index contributed by atoms with van der Waals surface area (Å²) in [5, 5.41) is 3.87. The molecular formula is C19H39N. The first-order valence-electron chi connectivity index (χ1n) is 8.30. The van der Waals surface area contributed by atoms with Gasteiger partial charge in [-0.3, -0.25) is 0 Å². The molecule has 1 heteroatoms. The molecule has 0 aromatic carbocycles. The summed E-state index contributed by atoms with van der Waals surface area (Å²) in [6, 6.07) is 0. The third-order valence-electron chi connectivity index (χ3n) is 7.04. The third-order valence-corrected chi connectivity index (χ3v) is 7.04. The van der Waals surface area contributed by atoms with Crippen molar-refractivity contribution in [2.24, 2.45) is 27.6 Å². The molecule has 0 bridgehead atoms. The van der Waals surface area contributed by atoms with Crippen LogP contribution in [-0.4, -0.2) is 12.1 Å². The summed E-state index contributed by atoms with van der Waals surface area (Å²) in [6.45, 7) is 27.8. The minimum atomic E-state index is 0.171. The van der Waals surface area contributed by atoms with Gasteiger partial charge in [0.15, 0.2) is 0 Å². The average molecular weight is 282 g/mol. The van der Waals surface area contributed by atoms with E-state index in [0.29, 0.717) is 27.6 Å². The van der Waals surface area contributed by atoms with E-state index >= 15 is 0 Å². The largest absolute Gasteiger partial charge is 0.311 e. The van der Waals surface area contributed by atoms with E-state index in [-0.39, 0.29) is 5.54 Å². The van der Waals surface area contributed by atoms with E-state index in [9.17, 15) is 0 Å². The van der Waals surface area contributed by atoms with Gasteiger partial charge in [0.25, 0.3) is 0 Å². The highest BCUT2D eigenvalue weighted by atomic mass is 15.0. The second-order valence-corrected chi connectivity index (χ2v) is 10.6. The Kier molecular flexibility index (Phi) is 4.26. The zero-order valence-corrected chi connectivity index (χ0v) is 16.0. The molecular weight excluding hydrogens is 242 g/mol. The van der Waals surface area contributed by atoms with Crippen LogP contribution in [0.15, 0.2) is 0 Å². The highest BCUT2D eigenvalue weighted by Gasteiger charge is 2.53. The highest BCUT2D eigenvalue weighted by Crippen LogP contribution is 2.57. The van der Waals surface area contributed by atoms with Crippen LogP contribution in [0.1, 0.15) is 82.6 Å². The predicted molar refractivity (Wildman–Crippen MR) is 91.0 cm³/mol.